The topological polar surface area (TPSA) is 46.2 Å². The number of aliphatic hydroxyl groups is 1. The van der Waals surface area contributed by atoms with Crippen LogP contribution in [0.25, 0.3) is 0 Å². The lowest BCUT2D eigenvalue weighted by Gasteiger charge is -2.13. The molecule has 0 heterocycles. The van der Waals surface area contributed by atoms with Crippen LogP contribution in [-0.4, -0.2) is 17.3 Å². The molecule has 0 aliphatic carbocycles. The third kappa shape index (κ3) is 4.27. The van der Waals surface area contributed by atoms with E-state index in [4.69, 9.17) is 5.73 Å². The summed E-state index contributed by atoms with van der Waals surface area (Å²) in [5.74, 6) is 0. The monoisotopic (exact) mass is 201 g/mol. The van der Waals surface area contributed by atoms with Crippen LogP contribution < -0.4 is 5.73 Å². The van der Waals surface area contributed by atoms with Gasteiger partial charge in [-0.15, -0.1) is 12.4 Å². The Bertz CT molecular complexity index is 226. The van der Waals surface area contributed by atoms with Gasteiger partial charge in [0, 0.05) is 6.04 Å². The molecule has 0 aromatic heterocycles. The van der Waals surface area contributed by atoms with Gasteiger partial charge in [0.15, 0.2) is 0 Å². The maximum atomic E-state index is 9.45. The number of nitrogens with two attached hydrogens (primary N) is 1. The lowest BCUT2D eigenvalue weighted by Crippen LogP contribution is -2.32. The van der Waals surface area contributed by atoms with Crippen LogP contribution in [0.4, 0.5) is 0 Å². The fraction of sp³-hybridized carbons (Fsp3) is 0.400. The summed E-state index contributed by atoms with van der Waals surface area (Å²) in [4.78, 5) is 0. The minimum atomic E-state index is -0.438. The molecule has 0 saturated carbocycles. The van der Waals surface area contributed by atoms with Gasteiger partial charge in [-0.05, 0) is 18.9 Å². The summed E-state index contributed by atoms with van der Waals surface area (Å²) in [6.07, 6.45) is 0.200. The van der Waals surface area contributed by atoms with Crippen molar-refractivity contribution in [2.24, 2.45) is 5.73 Å². The lowest BCUT2D eigenvalue weighted by atomic mass is 10.0. The molecule has 3 N–H and O–H groups in total. The number of hydrogen-bond acceptors (Lipinski definition) is 2. The molecule has 0 radical (unpaired) electrons. The highest BCUT2D eigenvalue weighted by Gasteiger charge is 2.09. The van der Waals surface area contributed by atoms with E-state index in [9.17, 15) is 5.11 Å². The second kappa shape index (κ2) is 5.97. The Morgan fingerprint density at radius 3 is 2.31 bits per heavy atom. The fourth-order valence-electron chi connectivity index (χ4n) is 1.04. The Morgan fingerprint density at radius 2 is 1.85 bits per heavy atom. The first-order chi connectivity index (χ1) is 5.70. The highest BCUT2D eigenvalue weighted by molar-refractivity contribution is 5.85. The van der Waals surface area contributed by atoms with Crippen LogP contribution in [0.3, 0.4) is 0 Å². The van der Waals surface area contributed by atoms with Gasteiger partial charge in [-0.1, -0.05) is 30.3 Å². The van der Waals surface area contributed by atoms with E-state index in [1.807, 2.05) is 37.3 Å². The average Bonchev–Trinajstić information content (AvgIpc) is 2.06. The summed E-state index contributed by atoms with van der Waals surface area (Å²) in [5, 5.41) is 9.45. The van der Waals surface area contributed by atoms with Crippen molar-refractivity contribution in [3.05, 3.63) is 35.9 Å². The molecule has 3 heteroatoms. The summed E-state index contributed by atoms with van der Waals surface area (Å²) in [5.41, 5.74) is 6.66. The van der Waals surface area contributed by atoms with E-state index >= 15 is 0 Å². The van der Waals surface area contributed by atoms with Crippen molar-refractivity contribution in [3.8, 4) is 0 Å². The molecular formula is C10H16ClNO. The Hall–Kier alpha value is -0.570. The van der Waals surface area contributed by atoms with Crippen LogP contribution in [0.5, 0.6) is 0 Å². The number of halogens is 1. The third-order valence-electron chi connectivity index (χ3n) is 1.89. The second-order valence-electron chi connectivity index (χ2n) is 3.12. The molecule has 2 nitrogen and oxygen atoms in total. The molecule has 0 fully saturated rings. The summed E-state index contributed by atoms with van der Waals surface area (Å²) in [6, 6.07) is 9.70. The van der Waals surface area contributed by atoms with Gasteiger partial charge in [-0.2, -0.15) is 0 Å². The Balaban J connectivity index is 0.00000144. The molecule has 0 spiro atoms. The van der Waals surface area contributed by atoms with Gasteiger partial charge in [0.05, 0.1) is 6.10 Å². The molecule has 0 aliphatic heterocycles. The van der Waals surface area contributed by atoms with E-state index in [-0.39, 0.29) is 18.4 Å². The quantitative estimate of drug-likeness (QED) is 0.776. The van der Waals surface area contributed by atoms with Gasteiger partial charge in [-0.25, -0.2) is 0 Å². The van der Waals surface area contributed by atoms with Gasteiger partial charge >= 0.3 is 0 Å². The van der Waals surface area contributed by atoms with Crippen LogP contribution in [0.1, 0.15) is 12.5 Å². The van der Waals surface area contributed by atoms with Crippen LogP contribution >= 0.6 is 12.4 Å². The van der Waals surface area contributed by atoms with Crippen molar-refractivity contribution >= 4 is 12.4 Å². The first-order valence-corrected chi connectivity index (χ1v) is 4.17. The summed E-state index contributed by atoms with van der Waals surface area (Å²) in [6.45, 7) is 1.81. The van der Waals surface area contributed by atoms with Crippen molar-refractivity contribution in [2.75, 3.05) is 0 Å². The molecule has 13 heavy (non-hydrogen) atoms. The number of hydrogen-bond donors (Lipinski definition) is 2. The first-order valence-electron chi connectivity index (χ1n) is 4.17. The lowest BCUT2D eigenvalue weighted by molar-refractivity contribution is 0.151. The van der Waals surface area contributed by atoms with Crippen LogP contribution in [0, 0.1) is 0 Å². The highest BCUT2D eigenvalue weighted by atomic mass is 35.5. The molecule has 0 amide bonds. The summed E-state index contributed by atoms with van der Waals surface area (Å²) >= 11 is 0. The van der Waals surface area contributed by atoms with Gasteiger partial charge in [-0.3, -0.25) is 0 Å². The minimum absolute atomic E-state index is 0. The highest BCUT2D eigenvalue weighted by Crippen LogP contribution is 2.04. The molecule has 0 unspecified atom stereocenters. The molecular weight excluding hydrogens is 186 g/mol. The van der Waals surface area contributed by atoms with Crippen LogP contribution in [-0.2, 0) is 6.42 Å². The number of benzene rings is 1. The maximum Gasteiger partial charge on any atom is 0.0728 e. The Morgan fingerprint density at radius 1 is 1.31 bits per heavy atom. The summed E-state index contributed by atoms with van der Waals surface area (Å²) in [7, 11) is 0. The fourth-order valence-corrected chi connectivity index (χ4v) is 1.04. The largest absolute Gasteiger partial charge is 0.391 e. The second-order valence-corrected chi connectivity index (χ2v) is 3.12. The smallest absolute Gasteiger partial charge is 0.0728 e. The van der Waals surface area contributed by atoms with Crippen molar-refractivity contribution in [1.29, 1.82) is 0 Å². The zero-order valence-corrected chi connectivity index (χ0v) is 8.50. The molecule has 0 aliphatic rings. The molecule has 1 aromatic rings. The van der Waals surface area contributed by atoms with Crippen LogP contribution in [0.15, 0.2) is 30.3 Å². The predicted molar refractivity (Wildman–Crippen MR) is 57.1 cm³/mol. The molecule has 2 atom stereocenters. The van der Waals surface area contributed by atoms with E-state index in [0.717, 1.165) is 5.56 Å². The third-order valence-corrected chi connectivity index (χ3v) is 1.89. The predicted octanol–water partition coefficient (Wildman–Crippen LogP) is 1.36. The van der Waals surface area contributed by atoms with Crippen LogP contribution in [0.2, 0.25) is 0 Å². The molecule has 1 rings (SSSR count). The van der Waals surface area contributed by atoms with Crippen molar-refractivity contribution in [1.82, 2.24) is 0 Å². The average molecular weight is 202 g/mol. The van der Waals surface area contributed by atoms with E-state index in [0.29, 0.717) is 6.42 Å². The van der Waals surface area contributed by atoms with Crippen molar-refractivity contribution in [3.63, 3.8) is 0 Å². The van der Waals surface area contributed by atoms with Gasteiger partial charge in [0.2, 0.25) is 0 Å². The molecule has 0 bridgehead atoms. The van der Waals surface area contributed by atoms with Gasteiger partial charge in [0.25, 0.3) is 0 Å². The SMILES string of the molecule is C[C@H](N)[C@H](O)Cc1ccccc1.Cl. The minimum Gasteiger partial charge on any atom is -0.391 e. The normalized spacial score (nSPS) is 14.4. The van der Waals surface area contributed by atoms with E-state index in [1.54, 1.807) is 0 Å². The Labute approximate surface area is 85.2 Å². The van der Waals surface area contributed by atoms with E-state index in [1.165, 1.54) is 0 Å². The molecule has 0 saturated heterocycles. The maximum absolute atomic E-state index is 9.45. The van der Waals surface area contributed by atoms with E-state index in [2.05, 4.69) is 0 Å². The first kappa shape index (κ1) is 12.4. The van der Waals surface area contributed by atoms with Crippen molar-refractivity contribution < 1.29 is 5.11 Å². The van der Waals surface area contributed by atoms with E-state index < -0.39 is 6.10 Å². The number of aliphatic hydroxyl groups excluding tert-OH is 1. The molecule has 74 valence electrons. The zero-order chi connectivity index (χ0) is 8.97. The standard InChI is InChI=1S/C10H15NO.ClH/c1-8(11)10(12)7-9-5-3-2-4-6-9;/h2-6,8,10,12H,7,11H2,1H3;1H/t8-,10+;/m0./s1. The van der Waals surface area contributed by atoms with Crippen molar-refractivity contribution in [2.45, 2.75) is 25.5 Å². The van der Waals surface area contributed by atoms with Gasteiger partial charge < -0.3 is 10.8 Å². The summed E-state index contributed by atoms with van der Waals surface area (Å²) < 4.78 is 0. The molecule has 1 aromatic carbocycles. The number of rotatable bonds is 3. The Kier molecular flexibility index (Phi) is 5.71. The van der Waals surface area contributed by atoms with Gasteiger partial charge in [0.1, 0.15) is 0 Å². The zero-order valence-electron chi connectivity index (χ0n) is 7.68.